The van der Waals surface area contributed by atoms with Crippen LogP contribution in [0.25, 0.3) is 0 Å². The minimum Gasteiger partial charge on any atom is -0.466 e. The Morgan fingerprint density at radius 2 is 0.790 bits per heavy atom. The number of amides is 1. The Hall–Kier alpha value is -1.92. The molecule has 6 nitrogen and oxygen atoms in total. The van der Waals surface area contributed by atoms with Crippen molar-refractivity contribution in [1.29, 1.82) is 0 Å². The SMILES string of the molecule is CCCCCCCCCCCCCCCCCCC/C=C/C(O)C(CO)NC(=O)CCCCCCCC/C=C\C=C/CCCCCOC(=O)CCCCCCCCCCCCC. The first kappa shape index (κ1) is 60.1. The normalized spacial score (nSPS) is 12.9. The predicted molar refractivity (Wildman–Crippen MR) is 269 cm³/mol. The maximum atomic E-state index is 12.4. The molecule has 0 radical (unpaired) electrons. The topological polar surface area (TPSA) is 95.9 Å². The second-order valence-electron chi connectivity index (χ2n) is 18.6. The van der Waals surface area contributed by atoms with Crippen molar-refractivity contribution >= 4 is 11.9 Å². The van der Waals surface area contributed by atoms with Gasteiger partial charge in [-0.05, 0) is 64.2 Å². The molecule has 0 bridgehead atoms. The first-order chi connectivity index (χ1) is 30.5. The predicted octanol–water partition coefficient (Wildman–Crippen LogP) is 16.5. The molecular weight excluding hydrogens is 767 g/mol. The van der Waals surface area contributed by atoms with Crippen LogP contribution in [0, 0.1) is 0 Å². The van der Waals surface area contributed by atoms with E-state index in [4.69, 9.17) is 4.74 Å². The quantitative estimate of drug-likeness (QED) is 0.0245. The van der Waals surface area contributed by atoms with Gasteiger partial charge in [0.25, 0.3) is 0 Å². The van der Waals surface area contributed by atoms with Gasteiger partial charge in [0.15, 0.2) is 0 Å². The highest BCUT2D eigenvalue weighted by atomic mass is 16.5. The van der Waals surface area contributed by atoms with E-state index in [1.807, 2.05) is 6.08 Å². The maximum Gasteiger partial charge on any atom is 0.305 e. The third-order valence-corrected chi connectivity index (χ3v) is 12.4. The van der Waals surface area contributed by atoms with E-state index in [2.05, 4.69) is 43.5 Å². The van der Waals surface area contributed by atoms with E-state index in [9.17, 15) is 19.8 Å². The van der Waals surface area contributed by atoms with E-state index in [1.165, 1.54) is 180 Å². The van der Waals surface area contributed by atoms with E-state index < -0.39 is 12.1 Å². The number of hydrogen-bond acceptors (Lipinski definition) is 5. The minimum absolute atomic E-state index is 0.0234. The molecule has 0 saturated heterocycles. The molecular formula is C56H105NO5. The molecule has 3 N–H and O–H groups in total. The molecule has 6 heteroatoms. The summed E-state index contributed by atoms with van der Waals surface area (Å²) in [6.45, 7) is 4.85. The molecule has 0 aliphatic rings. The number of aliphatic hydroxyl groups is 2. The molecule has 0 aliphatic heterocycles. The van der Waals surface area contributed by atoms with Crippen LogP contribution in [0.15, 0.2) is 36.5 Å². The lowest BCUT2D eigenvalue weighted by Crippen LogP contribution is -2.45. The van der Waals surface area contributed by atoms with Crippen LogP contribution >= 0.6 is 0 Å². The third kappa shape index (κ3) is 47.6. The van der Waals surface area contributed by atoms with Gasteiger partial charge in [-0.25, -0.2) is 0 Å². The van der Waals surface area contributed by atoms with Crippen LogP contribution in [0.4, 0.5) is 0 Å². The number of allylic oxidation sites excluding steroid dienone is 5. The molecule has 0 fully saturated rings. The second kappa shape index (κ2) is 51.7. The number of nitrogens with one attached hydrogen (secondary N) is 1. The summed E-state index contributed by atoms with van der Waals surface area (Å²) in [5, 5.41) is 23.1. The summed E-state index contributed by atoms with van der Waals surface area (Å²) in [6.07, 6.45) is 63.0. The zero-order chi connectivity index (χ0) is 45.1. The van der Waals surface area contributed by atoms with E-state index >= 15 is 0 Å². The first-order valence-electron chi connectivity index (χ1n) is 27.3. The van der Waals surface area contributed by atoms with E-state index in [-0.39, 0.29) is 18.5 Å². The molecule has 0 spiro atoms. The van der Waals surface area contributed by atoms with Gasteiger partial charge >= 0.3 is 5.97 Å². The van der Waals surface area contributed by atoms with Crippen LogP contribution < -0.4 is 5.32 Å². The lowest BCUT2D eigenvalue weighted by Gasteiger charge is -2.20. The van der Waals surface area contributed by atoms with Gasteiger partial charge in [-0.2, -0.15) is 0 Å². The number of rotatable bonds is 50. The summed E-state index contributed by atoms with van der Waals surface area (Å²) in [5.41, 5.74) is 0. The highest BCUT2D eigenvalue weighted by Gasteiger charge is 2.18. The van der Waals surface area contributed by atoms with Gasteiger partial charge in [-0.3, -0.25) is 9.59 Å². The Kier molecular flexibility index (Phi) is 50.1. The molecule has 0 heterocycles. The molecule has 1 amide bonds. The fourth-order valence-electron chi connectivity index (χ4n) is 8.21. The molecule has 62 heavy (non-hydrogen) atoms. The van der Waals surface area contributed by atoms with Gasteiger partial charge in [0.05, 0.1) is 25.4 Å². The molecule has 0 aromatic rings. The summed E-state index contributed by atoms with van der Waals surface area (Å²) in [6, 6.07) is -0.645. The maximum absolute atomic E-state index is 12.4. The van der Waals surface area contributed by atoms with Gasteiger partial charge < -0.3 is 20.3 Å². The Bertz CT molecular complexity index is 1010. The van der Waals surface area contributed by atoms with Crippen molar-refractivity contribution < 1.29 is 24.5 Å². The van der Waals surface area contributed by atoms with Gasteiger partial charge in [-0.1, -0.05) is 243 Å². The smallest absolute Gasteiger partial charge is 0.305 e. The van der Waals surface area contributed by atoms with Crippen LogP contribution in [0.3, 0.4) is 0 Å². The molecule has 0 saturated carbocycles. The van der Waals surface area contributed by atoms with Crippen molar-refractivity contribution in [2.24, 2.45) is 0 Å². The Morgan fingerprint density at radius 1 is 0.452 bits per heavy atom. The van der Waals surface area contributed by atoms with Crippen molar-refractivity contribution in [2.45, 2.75) is 296 Å². The van der Waals surface area contributed by atoms with Gasteiger partial charge in [0, 0.05) is 12.8 Å². The molecule has 364 valence electrons. The number of carbonyl (C=O) groups is 2. The van der Waals surface area contributed by atoms with E-state index in [1.54, 1.807) is 6.08 Å². The summed E-state index contributed by atoms with van der Waals surface area (Å²) >= 11 is 0. The van der Waals surface area contributed by atoms with Crippen molar-refractivity contribution in [1.82, 2.24) is 5.32 Å². The highest BCUT2D eigenvalue weighted by molar-refractivity contribution is 5.76. The number of unbranched alkanes of at least 4 members (excludes halogenated alkanes) is 36. The van der Waals surface area contributed by atoms with Crippen LogP contribution in [-0.4, -0.2) is 47.4 Å². The van der Waals surface area contributed by atoms with Crippen molar-refractivity contribution in [2.75, 3.05) is 13.2 Å². The Balaban J connectivity index is 3.57. The highest BCUT2D eigenvalue weighted by Crippen LogP contribution is 2.16. The summed E-state index contributed by atoms with van der Waals surface area (Å²) in [5.74, 6) is -0.113. The zero-order valence-corrected chi connectivity index (χ0v) is 41.4. The second-order valence-corrected chi connectivity index (χ2v) is 18.6. The molecule has 2 atom stereocenters. The van der Waals surface area contributed by atoms with Crippen LogP contribution in [-0.2, 0) is 14.3 Å². The van der Waals surface area contributed by atoms with Gasteiger partial charge in [-0.15, -0.1) is 0 Å². The lowest BCUT2D eigenvalue weighted by atomic mass is 10.0. The molecule has 2 unspecified atom stereocenters. The van der Waals surface area contributed by atoms with E-state index in [0.29, 0.717) is 19.4 Å². The van der Waals surface area contributed by atoms with Gasteiger partial charge in [0.2, 0.25) is 5.91 Å². The van der Waals surface area contributed by atoms with Crippen molar-refractivity contribution in [3.05, 3.63) is 36.5 Å². The van der Waals surface area contributed by atoms with Crippen LogP contribution in [0.1, 0.15) is 284 Å². The number of hydrogen-bond donors (Lipinski definition) is 3. The number of esters is 1. The summed E-state index contributed by atoms with van der Waals surface area (Å²) in [7, 11) is 0. The number of ether oxygens (including phenoxy) is 1. The van der Waals surface area contributed by atoms with E-state index in [0.717, 1.165) is 77.0 Å². The Morgan fingerprint density at radius 3 is 1.19 bits per heavy atom. The van der Waals surface area contributed by atoms with Gasteiger partial charge in [0.1, 0.15) is 0 Å². The minimum atomic E-state index is -0.859. The summed E-state index contributed by atoms with van der Waals surface area (Å²) in [4.78, 5) is 24.4. The molecule has 0 aromatic carbocycles. The largest absolute Gasteiger partial charge is 0.466 e. The zero-order valence-electron chi connectivity index (χ0n) is 41.4. The molecule has 0 rings (SSSR count). The standard InChI is InChI=1S/C56H105NO5/c1-3-5-7-9-11-13-15-16-17-18-19-20-22-25-29-32-36-40-44-48-54(59)53(52-58)57-55(60)49-45-41-37-33-30-26-23-21-24-27-31-35-39-43-47-51-62-56(61)50-46-42-38-34-28-14-12-10-8-6-4-2/h21,24,27,31,44,48,53-54,58-59H,3-20,22-23,25-26,28-30,32-43,45-47,49-52H2,1-2H3,(H,57,60)/b24-21-,31-27-,48-44+. The fourth-order valence-corrected chi connectivity index (χ4v) is 8.21. The first-order valence-corrected chi connectivity index (χ1v) is 27.3. The monoisotopic (exact) mass is 872 g/mol. The number of carbonyl (C=O) groups excluding carboxylic acids is 2. The average molecular weight is 872 g/mol. The van der Waals surface area contributed by atoms with Crippen LogP contribution in [0.2, 0.25) is 0 Å². The fraction of sp³-hybridized carbons (Fsp3) is 0.857. The van der Waals surface area contributed by atoms with Crippen molar-refractivity contribution in [3.63, 3.8) is 0 Å². The number of aliphatic hydroxyl groups excluding tert-OH is 2. The van der Waals surface area contributed by atoms with Crippen molar-refractivity contribution in [3.8, 4) is 0 Å². The summed E-state index contributed by atoms with van der Waals surface area (Å²) < 4.78 is 5.42. The third-order valence-electron chi connectivity index (χ3n) is 12.4. The molecule has 0 aliphatic carbocycles. The lowest BCUT2D eigenvalue weighted by molar-refractivity contribution is -0.143. The average Bonchev–Trinajstić information content (AvgIpc) is 3.27. The van der Waals surface area contributed by atoms with Crippen LogP contribution in [0.5, 0.6) is 0 Å². The molecule has 0 aromatic heterocycles. The Labute approximate surface area is 385 Å².